The van der Waals surface area contributed by atoms with Crippen LogP contribution in [-0.4, -0.2) is 27.0 Å². The molecular formula is C14H24N2O2S2. The second-order valence-electron chi connectivity index (χ2n) is 5.27. The van der Waals surface area contributed by atoms with Crippen LogP contribution >= 0.6 is 11.8 Å². The number of sulfonamides is 1. The number of rotatable bonds is 6. The summed E-state index contributed by atoms with van der Waals surface area (Å²) in [5.41, 5.74) is 8.70. The average molecular weight is 316 g/mol. The summed E-state index contributed by atoms with van der Waals surface area (Å²) in [6.45, 7) is 7.92. The molecule has 0 bridgehead atoms. The van der Waals surface area contributed by atoms with E-state index in [4.69, 9.17) is 5.73 Å². The minimum absolute atomic E-state index is 0.294. The number of nitrogens with two attached hydrogens (primary N) is 1. The smallest absolute Gasteiger partial charge is 0.241 e. The van der Waals surface area contributed by atoms with Gasteiger partial charge < -0.3 is 5.73 Å². The lowest BCUT2D eigenvalue weighted by atomic mass is 10.1. The summed E-state index contributed by atoms with van der Waals surface area (Å²) in [5, 5.41) is 0. The molecule has 0 amide bonds. The molecule has 0 saturated heterocycles. The lowest BCUT2D eigenvalue weighted by Gasteiger charge is -2.17. The van der Waals surface area contributed by atoms with Crippen molar-refractivity contribution in [2.45, 2.75) is 32.6 Å². The van der Waals surface area contributed by atoms with Gasteiger partial charge in [-0.05, 0) is 61.5 Å². The van der Waals surface area contributed by atoms with E-state index in [9.17, 15) is 8.42 Å². The molecule has 0 radical (unpaired) electrons. The van der Waals surface area contributed by atoms with Gasteiger partial charge in [-0.3, -0.25) is 0 Å². The molecule has 1 rings (SSSR count). The third-order valence-corrected chi connectivity index (χ3v) is 6.02. The van der Waals surface area contributed by atoms with Crippen LogP contribution in [0, 0.1) is 26.7 Å². The number of anilines is 1. The Balaban J connectivity index is 3.10. The zero-order valence-corrected chi connectivity index (χ0v) is 14.4. The maximum atomic E-state index is 12.5. The Morgan fingerprint density at radius 3 is 2.45 bits per heavy atom. The molecule has 0 aliphatic rings. The molecular weight excluding hydrogens is 292 g/mol. The molecule has 4 nitrogen and oxygen atoms in total. The molecule has 0 fully saturated rings. The summed E-state index contributed by atoms with van der Waals surface area (Å²) in [5.74, 6) is 1.22. The SMILES string of the molecule is CSCC(C)CNS(=O)(=O)c1c(C)c(C)cc(N)c1C. The van der Waals surface area contributed by atoms with Crippen LogP contribution in [0.1, 0.15) is 23.6 Å². The molecule has 0 aromatic heterocycles. The third kappa shape index (κ3) is 3.90. The second-order valence-corrected chi connectivity index (χ2v) is 7.89. The molecule has 0 aliphatic carbocycles. The first-order valence-corrected chi connectivity index (χ1v) is 9.43. The predicted molar refractivity (Wildman–Crippen MR) is 87.8 cm³/mol. The molecule has 3 N–H and O–H groups in total. The summed E-state index contributed by atoms with van der Waals surface area (Å²) < 4.78 is 27.7. The zero-order chi connectivity index (χ0) is 15.5. The highest BCUT2D eigenvalue weighted by Crippen LogP contribution is 2.27. The molecule has 1 aromatic rings. The molecule has 114 valence electrons. The minimum Gasteiger partial charge on any atom is -0.398 e. The molecule has 0 spiro atoms. The topological polar surface area (TPSA) is 72.2 Å². The maximum absolute atomic E-state index is 12.5. The monoisotopic (exact) mass is 316 g/mol. The van der Waals surface area contributed by atoms with Crippen LogP contribution in [-0.2, 0) is 10.0 Å². The van der Waals surface area contributed by atoms with E-state index in [0.29, 0.717) is 28.6 Å². The van der Waals surface area contributed by atoms with E-state index in [2.05, 4.69) is 4.72 Å². The number of aryl methyl sites for hydroxylation is 1. The maximum Gasteiger partial charge on any atom is 0.241 e. The number of hydrogen-bond donors (Lipinski definition) is 2. The number of benzene rings is 1. The van der Waals surface area contributed by atoms with Gasteiger partial charge in [0.25, 0.3) is 0 Å². The zero-order valence-electron chi connectivity index (χ0n) is 12.8. The molecule has 1 atom stereocenters. The third-order valence-electron chi connectivity index (χ3n) is 3.42. The summed E-state index contributed by atoms with van der Waals surface area (Å²) in [7, 11) is -3.52. The van der Waals surface area contributed by atoms with E-state index in [1.807, 2.05) is 33.1 Å². The number of nitrogens with one attached hydrogen (secondary N) is 1. The van der Waals surface area contributed by atoms with Gasteiger partial charge in [-0.1, -0.05) is 6.92 Å². The van der Waals surface area contributed by atoms with Crippen LogP contribution in [0.5, 0.6) is 0 Å². The molecule has 0 saturated carbocycles. The van der Waals surface area contributed by atoms with Crippen molar-refractivity contribution in [2.75, 3.05) is 24.3 Å². The summed E-state index contributed by atoms with van der Waals surface area (Å²) >= 11 is 1.71. The lowest BCUT2D eigenvalue weighted by Crippen LogP contribution is -2.30. The lowest BCUT2D eigenvalue weighted by molar-refractivity contribution is 0.561. The molecule has 0 heterocycles. The van der Waals surface area contributed by atoms with E-state index in [-0.39, 0.29) is 0 Å². The Hall–Kier alpha value is -0.720. The fourth-order valence-electron chi connectivity index (χ4n) is 2.11. The highest BCUT2D eigenvalue weighted by Gasteiger charge is 2.22. The van der Waals surface area contributed by atoms with Gasteiger partial charge in [0.05, 0.1) is 4.90 Å². The van der Waals surface area contributed by atoms with Crippen molar-refractivity contribution in [1.82, 2.24) is 4.72 Å². The summed E-state index contributed by atoms with van der Waals surface area (Å²) in [6.07, 6.45) is 2.01. The molecule has 6 heteroatoms. The van der Waals surface area contributed by atoms with Crippen LogP contribution < -0.4 is 10.5 Å². The number of hydrogen-bond acceptors (Lipinski definition) is 4. The van der Waals surface area contributed by atoms with Gasteiger partial charge in [-0.25, -0.2) is 13.1 Å². The van der Waals surface area contributed by atoms with E-state index >= 15 is 0 Å². The number of nitrogen functional groups attached to an aromatic ring is 1. The Morgan fingerprint density at radius 2 is 1.90 bits per heavy atom. The van der Waals surface area contributed by atoms with Crippen LogP contribution in [0.3, 0.4) is 0 Å². The summed E-state index contributed by atoms with van der Waals surface area (Å²) in [6, 6.07) is 1.82. The highest BCUT2D eigenvalue weighted by atomic mass is 32.2. The Morgan fingerprint density at radius 1 is 1.30 bits per heavy atom. The van der Waals surface area contributed by atoms with Gasteiger partial charge in [0, 0.05) is 12.2 Å². The van der Waals surface area contributed by atoms with Gasteiger partial charge >= 0.3 is 0 Å². The van der Waals surface area contributed by atoms with Crippen LogP contribution in [0.2, 0.25) is 0 Å². The highest BCUT2D eigenvalue weighted by molar-refractivity contribution is 7.98. The van der Waals surface area contributed by atoms with E-state index in [0.717, 1.165) is 16.9 Å². The van der Waals surface area contributed by atoms with Gasteiger partial charge in [0.1, 0.15) is 0 Å². The molecule has 20 heavy (non-hydrogen) atoms. The van der Waals surface area contributed by atoms with Gasteiger partial charge in [-0.2, -0.15) is 11.8 Å². The van der Waals surface area contributed by atoms with Crippen molar-refractivity contribution in [3.63, 3.8) is 0 Å². The Kier molecular flexibility index (Phi) is 5.91. The molecule has 1 aromatic carbocycles. The van der Waals surface area contributed by atoms with Crippen molar-refractivity contribution in [2.24, 2.45) is 5.92 Å². The summed E-state index contributed by atoms with van der Waals surface area (Å²) in [4.78, 5) is 0.325. The van der Waals surface area contributed by atoms with Crippen LogP contribution in [0.25, 0.3) is 0 Å². The second kappa shape index (κ2) is 6.83. The average Bonchev–Trinajstić information content (AvgIpc) is 2.35. The Bertz CT molecular complexity index is 557. The van der Waals surface area contributed by atoms with Crippen molar-refractivity contribution >= 4 is 27.5 Å². The standard InChI is InChI=1S/C14H24N2O2S2/c1-9(8-19-5)7-16-20(17,18)14-11(3)10(2)6-13(15)12(14)4/h6,9,16H,7-8,15H2,1-5H3. The fourth-order valence-corrected chi connectivity index (χ4v) is 4.53. The van der Waals surface area contributed by atoms with Crippen molar-refractivity contribution in [1.29, 1.82) is 0 Å². The van der Waals surface area contributed by atoms with E-state index < -0.39 is 10.0 Å². The fraction of sp³-hybridized carbons (Fsp3) is 0.571. The first-order valence-electron chi connectivity index (χ1n) is 6.55. The van der Waals surface area contributed by atoms with E-state index in [1.165, 1.54) is 0 Å². The first kappa shape index (κ1) is 17.3. The minimum atomic E-state index is -3.52. The largest absolute Gasteiger partial charge is 0.398 e. The van der Waals surface area contributed by atoms with Crippen molar-refractivity contribution in [3.05, 3.63) is 22.8 Å². The van der Waals surface area contributed by atoms with Crippen molar-refractivity contribution < 1.29 is 8.42 Å². The van der Waals surface area contributed by atoms with E-state index in [1.54, 1.807) is 18.7 Å². The number of thioether (sulfide) groups is 1. The quantitative estimate of drug-likeness (QED) is 0.791. The van der Waals surface area contributed by atoms with Gasteiger partial charge in [0.2, 0.25) is 10.0 Å². The predicted octanol–water partition coefficient (Wildman–Crippen LogP) is 2.47. The van der Waals surface area contributed by atoms with Crippen molar-refractivity contribution in [3.8, 4) is 0 Å². The first-order chi connectivity index (χ1) is 9.20. The molecule has 0 aliphatic heterocycles. The van der Waals surface area contributed by atoms with Gasteiger partial charge in [-0.15, -0.1) is 0 Å². The Labute approximate surface area is 126 Å². The van der Waals surface area contributed by atoms with Gasteiger partial charge in [0.15, 0.2) is 0 Å². The normalized spacial score (nSPS) is 13.4. The van der Waals surface area contributed by atoms with Crippen LogP contribution in [0.4, 0.5) is 5.69 Å². The van der Waals surface area contributed by atoms with Crippen LogP contribution in [0.15, 0.2) is 11.0 Å². The molecule has 1 unspecified atom stereocenters.